The molecule has 0 aromatic heterocycles. The monoisotopic (exact) mass is 269 g/mol. The Morgan fingerprint density at radius 3 is 2.53 bits per heavy atom. The van der Waals surface area contributed by atoms with Gasteiger partial charge in [0.2, 0.25) is 0 Å². The van der Waals surface area contributed by atoms with E-state index in [9.17, 15) is 13.6 Å². The summed E-state index contributed by atoms with van der Waals surface area (Å²) in [6.07, 6.45) is 0.332. The maximum Gasteiger partial charge on any atom is 0.306 e. The lowest BCUT2D eigenvalue weighted by Crippen LogP contribution is -2.29. The maximum absolute atomic E-state index is 12.6. The van der Waals surface area contributed by atoms with Crippen molar-refractivity contribution in [2.24, 2.45) is 5.92 Å². The van der Waals surface area contributed by atoms with Gasteiger partial charge in [-0.25, -0.2) is 8.78 Å². The SMILES string of the molecule is O=C(O)C1CCC(Nc2cccc(C(F)F)c2)CC1. The highest BCUT2D eigenvalue weighted by Crippen LogP contribution is 2.28. The Morgan fingerprint density at radius 2 is 1.95 bits per heavy atom. The molecule has 0 atom stereocenters. The summed E-state index contributed by atoms with van der Waals surface area (Å²) in [6, 6.07) is 6.39. The molecule has 3 nitrogen and oxygen atoms in total. The molecule has 104 valence electrons. The number of benzene rings is 1. The second-order valence-electron chi connectivity index (χ2n) is 4.96. The summed E-state index contributed by atoms with van der Waals surface area (Å²) < 4.78 is 25.1. The average Bonchev–Trinajstić information content (AvgIpc) is 2.39. The highest BCUT2D eigenvalue weighted by Gasteiger charge is 2.25. The standard InChI is InChI=1S/C14H17F2NO2/c15-13(16)10-2-1-3-12(8-10)17-11-6-4-9(5-7-11)14(18)19/h1-3,8-9,11,13,17H,4-7H2,(H,18,19). The quantitative estimate of drug-likeness (QED) is 0.876. The van der Waals surface area contributed by atoms with E-state index in [0.717, 1.165) is 12.8 Å². The van der Waals surface area contributed by atoms with Crippen LogP contribution in [0.2, 0.25) is 0 Å². The molecule has 1 saturated carbocycles. The third kappa shape index (κ3) is 3.66. The van der Waals surface area contributed by atoms with Crippen LogP contribution >= 0.6 is 0 Å². The van der Waals surface area contributed by atoms with E-state index >= 15 is 0 Å². The molecule has 1 fully saturated rings. The Balaban J connectivity index is 1.92. The fraction of sp³-hybridized carbons (Fsp3) is 0.500. The van der Waals surface area contributed by atoms with Gasteiger partial charge in [-0.3, -0.25) is 4.79 Å². The van der Waals surface area contributed by atoms with Crippen molar-refractivity contribution in [2.75, 3.05) is 5.32 Å². The zero-order valence-electron chi connectivity index (χ0n) is 10.5. The van der Waals surface area contributed by atoms with Crippen LogP contribution in [-0.4, -0.2) is 17.1 Å². The van der Waals surface area contributed by atoms with E-state index in [0.29, 0.717) is 18.5 Å². The van der Waals surface area contributed by atoms with Gasteiger partial charge in [0, 0.05) is 17.3 Å². The lowest BCUT2D eigenvalue weighted by molar-refractivity contribution is -0.142. The van der Waals surface area contributed by atoms with E-state index in [2.05, 4.69) is 5.32 Å². The Kier molecular flexibility index (Phi) is 4.35. The van der Waals surface area contributed by atoms with Gasteiger partial charge in [0.1, 0.15) is 0 Å². The van der Waals surface area contributed by atoms with E-state index in [1.807, 2.05) is 0 Å². The fourth-order valence-electron chi connectivity index (χ4n) is 2.48. The lowest BCUT2D eigenvalue weighted by Gasteiger charge is -2.27. The van der Waals surface area contributed by atoms with Crippen LogP contribution in [0.4, 0.5) is 14.5 Å². The van der Waals surface area contributed by atoms with Gasteiger partial charge in [0.05, 0.1) is 5.92 Å². The summed E-state index contributed by atoms with van der Waals surface area (Å²) in [5.41, 5.74) is 0.681. The summed E-state index contributed by atoms with van der Waals surface area (Å²) in [5.74, 6) is -0.997. The minimum atomic E-state index is -2.47. The summed E-state index contributed by atoms with van der Waals surface area (Å²) in [4.78, 5) is 10.8. The number of carboxylic acids is 1. The maximum atomic E-state index is 12.6. The minimum absolute atomic E-state index is 0.00391. The second-order valence-corrected chi connectivity index (χ2v) is 4.96. The molecular weight excluding hydrogens is 252 g/mol. The molecule has 2 N–H and O–H groups in total. The van der Waals surface area contributed by atoms with Crippen molar-refractivity contribution < 1.29 is 18.7 Å². The van der Waals surface area contributed by atoms with Crippen LogP contribution in [0.15, 0.2) is 24.3 Å². The number of carbonyl (C=O) groups is 1. The summed E-state index contributed by atoms with van der Waals surface area (Å²) in [6.45, 7) is 0. The van der Waals surface area contributed by atoms with Gasteiger partial charge < -0.3 is 10.4 Å². The molecule has 0 aliphatic heterocycles. The van der Waals surface area contributed by atoms with E-state index < -0.39 is 12.4 Å². The molecule has 0 bridgehead atoms. The van der Waals surface area contributed by atoms with E-state index in [4.69, 9.17) is 5.11 Å². The number of nitrogens with one attached hydrogen (secondary N) is 1. The van der Waals surface area contributed by atoms with Crippen LogP contribution in [0.1, 0.15) is 37.7 Å². The minimum Gasteiger partial charge on any atom is -0.481 e. The van der Waals surface area contributed by atoms with Crippen LogP contribution in [0.25, 0.3) is 0 Å². The highest BCUT2D eigenvalue weighted by atomic mass is 19.3. The zero-order valence-corrected chi connectivity index (χ0v) is 10.5. The topological polar surface area (TPSA) is 49.3 Å². The van der Waals surface area contributed by atoms with Gasteiger partial charge in [-0.2, -0.15) is 0 Å². The largest absolute Gasteiger partial charge is 0.481 e. The first-order chi connectivity index (χ1) is 9.06. The van der Waals surface area contributed by atoms with Crippen LogP contribution in [0.5, 0.6) is 0 Å². The van der Waals surface area contributed by atoms with Crippen molar-refractivity contribution in [2.45, 2.75) is 38.2 Å². The molecule has 0 unspecified atom stereocenters. The molecule has 0 saturated heterocycles. The third-order valence-corrected chi connectivity index (χ3v) is 3.59. The van der Waals surface area contributed by atoms with Crippen molar-refractivity contribution in [3.8, 4) is 0 Å². The molecule has 1 aromatic carbocycles. The van der Waals surface area contributed by atoms with Gasteiger partial charge in [0.25, 0.3) is 6.43 Å². The smallest absolute Gasteiger partial charge is 0.306 e. The number of anilines is 1. The molecule has 19 heavy (non-hydrogen) atoms. The molecular formula is C14H17F2NO2. The van der Waals surface area contributed by atoms with Gasteiger partial charge in [0.15, 0.2) is 0 Å². The third-order valence-electron chi connectivity index (χ3n) is 3.59. The van der Waals surface area contributed by atoms with Crippen LogP contribution in [0, 0.1) is 5.92 Å². The Morgan fingerprint density at radius 1 is 1.26 bits per heavy atom. The molecule has 0 radical (unpaired) electrons. The number of rotatable bonds is 4. The Labute approximate surface area is 110 Å². The molecule has 0 spiro atoms. The average molecular weight is 269 g/mol. The van der Waals surface area contributed by atoms with E-state index in [1.54, 1.807) is 12.1 Å². The first-order valence-corrected chi connectivity index (χ1v) is 6.43. The summed E-state index contributed by atoms with van der Waals surface area (Å²) >= 11 is 0. The van der Waals surface area contributed by atoms with E-state index in [-0.39, 0.29) is 17.5 Å². The molecule has 5 heteroatoms. The Bertz CT molecular complexity index is 443. The van der Waals surface area contributed by atoms with E-state index in [1.165, 1.54) is 12.1 Å². The molecule has 1 aliphatic rings. The number of hydrogen-bond donors (Lipinski definition) is 2. The van der Waals surface area contributed by atoms with Crippen molar-refractivity contribution >= 4 is 11.7 Å². The van der Waals surface area contributed by atoms with Crippen LogP contribution in [-0.2, 0) is 4.79 Å². The molecule has 0 heterocycles. The van der Waals surface area contributed by atoms with Crippen LogP contribution in [0.3, 0.4) is 0 Å². The van der Waals surface area contributed by atoms with Crippen molar-refractivity contribution in [1.82, 2.24) is 0 Å². The summed E-state index contributed by atoms with van der Waals surface area (Å²) in [7, 11) is 0. The molecule has 1 aliphatic carbocycles. The van der Waals surface area contributed by atoms with Crippen LogP contribution < -0.4 is 5.32 Å². The Hall–Kier alpha value is -1.65. The van der Waals surface area contributed by atoms with Gasteiger partial charge in [-0.05, 0) is 37.8 Å². The highest BCUT2D eigenvalue weighted by molar-refractivity contribution is 5.70. The number of aliphatic carboxylic acids is 1. The zero-order chi connectivity index (χ0) is 13.8. The van der Waals surface area contributed by atoms with Gasteiger partial charge in [-0.1, -0.05) is 12.1 Å². The normalized spacial score (nSPS) is 23.3. The predicted octanol–water partition coefficient (Wildman–Crippen LogP) is 3.68. The number of carboxylic acid groups (broad SMARTS) is 1. The van der Waals surface area contributed by atoms with Gasteiger partial charge in [-0.15, -0.1) is 0 Å². The second kappa shape index (κ2) is 5.99. The molecule has 0 amide bonds. The van der Waals surface area contributed by atoms with Crippen molar-refractivity contribution in [3.05, 3.63) is 29.8 Å². The molecule has 1 aromatic rings. The number of hydrogen-bond acceptors (Lipinski definition) is 2. The first-order valence-electron chi connectivity index (χ1n) is 6.43. The lowest BCUT2D eigenvalue weighted by atomic mass is 9.86. The van der Waals surface area contributed by atoms with Crippen molar-refractivity contribution in [3.63, 3.8) is 0 Å². The summed E-state index contributed by atoms with van der Waals surface area (Å²) in [5, 5.41) is 12.1. The predicted molar refractivity (Wildman–Crippen MR) is 68.4 cm³/mol. The number of alkyl halides is 2. The fourth-order valence-corrected chi connectivity index (χ4v) is 2.48. The number of halogens is 2. The first kappa shape index (κ1) is 13.8. The molecule has 2 rings (SSSR count). The van der Waals surface area contributed by atoms with Crippen molar-refractivity contribution in [1.29, 1.82) is 0 Å². The van der Waals surface area contributed by atoms with Gasteiger partial charge >= 0.3 is 5.97 Å².